The minimum absolute atomic E-state index is 0.366. The van der Waals surface area contributed by atoms with Crippen LogP contribution < -0.4 is 5.32 Å². The van der Waals surface area contributed by atoms with Gasteiger partial charge in [0.1, 0.15) is 0 Å². The van der Waals surface area contributed by atoms with Crippen molar-refractivity contribution in [3.63, 3.8) is 0 Å². The fraction of sp³-hybridized carbons (Fsp3) is 1.00. The SMILES string of the molecule is CNC1(C)CCCCC(C)(C)CC(C)(C)CCC1. The number of nitrogens with one attached hydrogen (secondary N) is 1. The number of rotatable bonds is 1. The first-order chi connectivity index (χ1) is 8.18. The third-order valence-electron chi connectivity index (χ3n) is 4.97. The first-order valence-electron chi connectivity index (χ1n) is 7.87. The highest BCUT2D eigenvalue weighted by atomic mass is 14.9. The predicted octanol–water partition coefficient (Wildman–Crippen LogP) is 5.15. The Morgan fingerprint density at radius 2 is 1.11 bits per heavy atom. The number of hydrogen-bond acceptors (Lipinski definition) is 1. The fourth-order valence-electron chi connectivity index (χ4n) is 3.92. The molecule has 0 aromatic rings. The van der Waals surface area contributed by atoms with E-state index < -0.39 is 0 Å². The zero-order valence-corrected chi connectivity index (χ0v) is 13.7. The van der Waals surface area contributed by atoms with Crippen molar-refractivity contribution in [1.82, 2.24) is 5.32 Å². The van der Waals surface area contributed by atoms with Crippen LogP contribution in [0.1, 0.15) is 86.0 Å². The molecule has 0 bridgehead atoms. The molecule has 108 valence electrons. The van der Waals surface area contributed by atoms with E-state index >= 15 is 0 Å². The van der Waals surface area contributed by atoms with Crippen molar-refractivity contribution in [3.05, 3.63) is 0 Å². The summed E-state index contributed by atoms with van der Waals surface area (Å²) in [6.07, 6.45) is 10.9. The van der Waals surface area contributed by atoms with Crippen molar-refractivity contribution in [3.8, 4) is 0 Å². The van der Waals surface area contributed by atoms with Crippen LogP contribution >= 0.6 is 0 Å². The summed E-state index contributed by atoms with van der Waals surface area (Å²) in [6, 6.07) is 0. The van der Waals surface area contributed by atoms with Gasteiger partial charge in [-0.25, -0.2) is 0 Å². The maximum Gasteiger partial charge on any atom is 0.0150 e. The van der Waals surface area contributed by atoms with Crippen LogP contribution in [0.4, 0.5) is 0 Å². The Morgan fingerprint density at radius 3 is 1.67 bits per heavy atom. The predicted molar refractivity (Wildman–Crippen MR) is 82.0 cm³/mol. The molecule has 0 radical (unpaired) electrons. The van der Waals surface area contributed by atoms with Crippen LogP contribution in [0.25, 0.3) is 0 Å². The van der Waals surface area contributed by atoms with Gasteiger partial charge in [-0.15, -0.1) is 0 Å². The molecule has 1 nitrogen and oxygen atoms in total. The van der Waals surface area contributed by atoms with Gasteiger partial charge >= 0.3 is 0 Å². The van der Waals surface area contributed by atoms with Crippen LogP contribution in [0.15, 0.2) is 0 Å². The second-order valence-corrected chi connectivity index (χ2v) is 8.38. The molecule has 1 aliphatic carbocycles. The summed E-state index contributed by atoms with van der Waals surface area (Å²) in [6.45, 7) is 12.3. The Morgan fingerprint density at radius 1 is 0.667 bits per heavy atom. The summed E-state index contributed by atoms with van der Waals surface area (Å²) in [5, 5.41) is 3.56. The smallest absolute Gasteiger partial charge is 0.0150 e. The molecule has 1 fully saturated rings. The Labute approximate surface area is 115 Å². The van der Waals surface area contributed by atoms with E-state index in [1.807, 2.05) is 0 Å². The topological polar surface area (TPSA) is 12.0 Å². The van der Waals surface area contributed by atoms with E-state index in [-0.39, 0.29) is 0 Å². The Kier molecular flexibility index (Phi) is 5.29. The summed E-state index contributed by atoms with van der Waals surface area (Å²) < 4.78 is 0. The van der Waals surface area contributed by atoms with Gasteiger partial charge in [0.05, 0.1) is 0 Å². The lowest BCUT2D eigenvalue weighted by atomic mass is 9.71. The van der Waals surface area contributed by atoms with E-state index in [1.165, 1.54) is 51.4 Å². The van der Waals surface area contributed by atoms with E-state index in [1.54, 1.807) is 0 Å². The van der Waals surface area contributed by atoms with Crippen LogP contribution in [0.2, 0.25) is 0 Å². The summed E-state index contributed by atoms with van der Waals surface area (Å²) in [5.41, 5.74) is 1.39. The highest BCUT2D eigenvalue weighted by Crippen LogP contribution is 2.41. The molecule has 1 atom stereocenters. The van der Waals surface area contributed by atoms with Gasteiger partial charge in [0, 0.05) is 5.54 Å². The van der Waals surface area contributed by atoms with Gasteiger partial charge in [-0.3, -0.25) is 0 Å². The zero-order valence-electron chi connectivity index (χ0n) is 13.7. The maximum atomic E-state index is 3.56. The average Bonchev–Trinajstić information content (AvgIpc) is 2.23. The van der Waals surface area contributed by atoms with Crippen molar-refractivity contribution in [1.29, 1.82) is 0 Å². The lowest BCUT2D eigenvalue weighted by molar-refractivity contribution is 0.166. The largest absolute Gasteiger partial charge is 0.315 e. The fourth-order valence-corrected chi connectivity index (χ4v) is 3.92. The lowest BCUT2D eigenvalue weighted by Crippen LogP contribution is -2.39. The molecule has 1 heteroatoms. The molecule has 0 aliphatic heterocycles. The third kappa shape index (κ3) is 5.30. The van der Waals surface area contributed by atoms with Crippen molar-refractivity contribution in [2.75, 3.05) is 7.05 Å². The molecule has 1 saturated carbocycles. The summed E-state index contributed by atoms with van der Waals surface area (Å²) in [7, 11) is 2.13. The number of hydrogen-bond donors (Lipinski definition) is 1. The minimum atomic E-state index is 0.366. The van der Waals surface area contributed by atoms with E-state index in [0.29, 0.717) is 16.4 Å². The Balaban J connectivity index is 2.71. The molecule has 0 spiro atoms. The zero-order chi connectivity index (χ0) is 13.9. The Hall–Kier alpha value is -0.0400. The molecule has 1 aliphatic rings. The van der Waals surface area contributed by atoms with Crippen LogP contribution in [0.5, 0.6) is 0 Å². The molecule has 0 aromatic heterocycles. The monoisotopic (exact) mass is 253 g/mol. The molecule has 0 aromatic carbocycles. The molecular formula is C17H35N. The molecule has 1 N–H and O–H groups in total. The van der Waals surface area contributed by atoms with E-state index in [9.17, 15) is 0 Å². The van der Waals surface area contributed by atoms with Gasteiger partial charge in [0.15, 0.2) is 0 Å². The van der Waals surface area contributed by atoms with Crippen LogP contribution in [0, 0.1) is 10.8 Å². The normalized spacial score (nSPS) is 33.7. The highest BCUT2D eigenvalue weighted by molar-refractivity contribution is 4.86. The maximum absolute atomic E-state index is 3.56. The average molecular weight is 253 g/mol. The van der Waals surface area contributed by atoms with Gasteiger partial charge < -0.3 is 5.32 Å². The van der Waals surface area contributed by atoms with Crippen LogP contribution in [-0.4, -0.2) is 12.6 Å². The van der Waals surface area contributed by atoms with Crippen molar-refractivity contribution in [2.24, 2.45) is 10.8 Å². The lowest BCUT2D eigenvalue weighted by Gasteiger charge is -2.35. The first kappa shape index (κ1) is 16.0. The van der Waals surface area contributed by atoms with Crippen LogP contribution in [-0.2, 0) is 0 Å². The van der Waals surface area contributed by atoms with Crippen molar-refractivity contribution < 1.29 is 0 Å². The summed E-state index contributed by atoms with van der Waals surface area (Å²) >= 11 is 0. The quantitative estimate of drug-likeness (QED) is 0.681. The molecule has 18 heavy (non-hydrogen) atoms. The van der Waals surface area contributed by atoms with Gasteiger partial charge in [-0.05, 0) is 56.9 Å². The molecule has 0 heterocycles. The van der Waals surface area contributed by atoms with Gasteiger partial charge in [0.2, 0.25) is 0 Å². The molecule has 1 unspecified atom stereocenters. The molecule has 0 saturated heterocycles. The van der Waals surface area contributed by atoms with Gasteiger partial charge in [0.25, 0.3) is 0 Å². The second kappa shape index (κ2) is 5.94. The van der Waals surface area contributed by atoms with E-state index in [0.717, 1.165) is 0 Å². The standard InChI is InChI=1S/C17H35N/c1-15(2)10-7-8-12-17(5,18-6)13-9-11-16(3,4)14-15/h18H,7-14H2,1-6H3. The Bertz CT molecular complexity index is 254. The first-order valence-corrected chi connectivity index (χ1v) is 7.87. The molecule has 0 amide bonds. The van der Waals surface area contributed by atoms with Gasteiger partial charge in [-0.1, -0.05) is 47.0 Å². The second-order valence-electron chi connectivity index (χ2n) is 8.38. The summed E-state index contributed by atoms with van der Waals surface area (Å²) in [4.78, 5) is 0. The summed E-state index contributed by atoms with van der Waals surface area (Å²) in [5.74, 6) is 0. The minimum Gasteiger partial charge on any atom is -0.315 e. The highest BCUT2D eigenvalue weighted by Gasteiger charge is 2.30. The van der Waals surface area contributed by atoms with Crippen LogP contribution in [0.3, 0.4) is 0 Å². The van der Waals surface area contributed by atoms with E-state index in [4.69, 9.17) is 0 Å². The molecule has 1 rings (SSSR count). The van der Waals surface area contributed by atoms with Gasteiger partial charge in [-0.2, -0.15) is 0 Å². The van der Waals surface area contributed by atoms with E-state index in [2.05, 4.69) is 47.0 Å². The third-order valence-corrected chi connectivity index (χ3v) is 4.97. The van der Waals surface area contributed by atoms with Crippen molar-refractivity contribution in [2.45, 2.75) is 91.5 Å². The van der Waals surface area contributed by atoms with Crippen molar-refractivity contribution >= 4 is 0 Å². The molecular weight excluding hydrogens is 218 g/mol.